The maximum atomic E-state index is 13.5. The number of hydrogen-bond donors (Lipinski definition) is 1. The van der Waals surface area contributed by atoms with Crippen LogP contribution in [-0.2, 0) is 17.3 Å². The smallest absolute Gasteiger partial charge is 0.417 e. The summed E-state index contributed by atoms with van der Waals surface area (Å²) in [5, 5.41) is 12.3. The molecule has 4 rings (SSSR count). The summed E-state index contributed by atoms with van der Waals surface area (Å²) >= 11 is 0. The normalized spacial score (nSPS) is 23.2. The second-order valence-electron chi connectivity index (χ2n) is 16.5. The monoisotopic (exact) mass is 712 g/mol. The van der Waals surface area contributed by atoms with Crippen LogP contribution in [0.25, 0.3) is 0 Å². The number of unbranched alkanes of at least 4 members (excludes halogenated alkanes) is 3. The van der Waals surface area contributed by atoms with Crippen LogP contribution in [0.2, 0.25) is 0 Å². The standard InChI is InChI=1S/C40H55F3N4O4/c1-26-24-46(36(49)51-37(3,4)5)25-27(2)47(26)21-13-11-10-12-14-28-15-17-29(18-16-28)33(48)45-34-38(6,7)35(39(34,8)9)50-31-20-19-30(23-44)32(22-31)40(41,42)43/h15-20,22,26-27,34-35H,10-14,21,24-25H2,1-9H3,(H,45,48)/t26-,27+,34-,35-. The third-order valence-electron chi connectivity index (χ3n) is 10.4. The van der Waals surface area contributed by atoms with E-state index in [1.807, 2.05) is 77.6 Å². The molecule has 0 unspecified atom stereocenters. The number of halogens is 3. The fraction of sp³-hybridized carbons (Fsp3) is 0.625. The fourth-order valence-corrected chi connectivity index (χ4v) is 8.15. The van der Waals surface area contributed by atoms with Gasteiger partial charge in [-0.05, 0) is 96.3 Å². The molecule has 1 heterocycles. The second kappa shape index (κ2) is 15.4. The molecule has 2 atom stereocenters. The number of nitriles is 1. The van der Waals surface area contributed by atoms with Crippen LogP contribution < -0.4 is 10.1 Å². The highest BCUT2D eigenvalue weighted by Crippen LogP contribution is 2.55. The Kier molecular flexibility index (Phi) is 12.1. The minimum atomic E-state index is -4.68. The van der Waals surface area contributed by atoms with E-state index in [0.29, 0.717) is 18.7 Å². The van der Waals surface area contributed by atoms with Gasteiger partial charge < -0.3 is 19.7 Å². The Hall–Kier alpha value is -3.78. The maximum absolute atomic E-state index is 13.5. The number of carbonyl (C=O) groups excluding carboxylic acids is 2. The minimum Gasteiger partial charge on any atom is -0.489 e. The van der Waals surface area contributed by atoms with E-state index >= 15 is 0 Å². The molecule has 51 heavy (non-hydrogen) atoms. The van der Waals surface area contributed by atoms with Crippen molar-refractivity contribution in [2.75, 3.05) is 19.6 Å². The quantitative estimate of drug-likeness (QED) is 0.235. The lowest BCUT2D eigenvalue weighted by atomic mass is 9.49. The number of alkyl halides is 3. The summed E-state index contributed by atoms with van der Waals surface area (Å²) in [5.74, 6) is -0.175. The highest BCUT2D eigenvalue weighted by atomic mass is 19.4. The van der Waals surface area contributed by atoms with Gasteiger partial charge >= 0.3 is 12.3 Å². The summed E-state index contributed by atoms with van der Waals surface area (Å²) in [5.41, 5.74) is -1.41. The number of aryl methyl sites for hydroxylation is 1. The summed E-state index contributed by atoms with van der Waals surface area (Å²) < 4.78 is 52.2. The summed E-state index contributed by atoms with van der Waals surface area (Å²) in [7, 11) is 0. The molecule has 0 aromatic heterocycles. The first kappa shape index (κ1) is 40.0. The number of ether oxygens (including phenoxy) is 2. The van der Waals surface area contributed by atoms with Crippen molar-refractivity contribution in [2.45, 2.75) is 130 Å². The van der Waals surface area contributed by atoms with Crippen molar-refractivity contribution in [2.24, 2.45) is 10.8 Å². The molecule has 280 valence electrons. The SMILES string of the molecule is C[C@@H]1CN(C(=O)OC(C)(C)C)C[C@H](C)N1CCCCCCc1ccc(C(=O)N[C@H]2C(C)(C)[C@H](Oc3ccc(C#N)c(C(F)(F)F)c3)C2(C)C)cc1. The van der Waals surface area contributed by atoms with Crippen LogP contribution in [0.5, 0.6) is 5.75 Å². The number of carbonyl (C=O) groups is 2. The molecule has 1 aliphatic heterocycles. The Morgan fingerprint density at radius 1 is 0.922 bits per heavy atom. The third kappa shape index (κ3) is 9.56. The number of nitrogens with one attached hydrogen (secondary N) is 1. The van der Waals surface area contributed by atoms with Crippen LogP contribution >= 0.6 is 0 Å². The zero-order valence-electron chi connectivity index (χ0n) is 31.6. The molecule has 0 spiro atoms. The van der Waals surface area contributed by atoms with Gasteiger partial charge in [-0.15, -0.1) is 0 Å². The van der Waals surface area contributed by atoms with Gasteiger partial charge in [0.05, 0.1) is 17.2 Å². The van der Waals surface area contributed by atoms with Crippen molar-refractivity contribution < 1.29 is 32.2 Å². The van der Waals surface area contributed by atoms with Gasteiger partial charge in [-0.2, -0.15) is 18.4 Å². The molecule has 1 aliphatic carbocycles. The van der Waals surface area contributed by atoms with Crippen LogP contribution in [0.1, 0.15) is 115 Å². The number of hydrogen-bond acceptors (Lipinski definition) is 6. The predicted octanol–water partition coefficient (Wildman–Crippen LogP) is 8.62. The van der Waals surface area contributed by atoms with Gasteiger partial charge in [0.25, 0.3) is 5.91 Å². The summed E-state index contributed by atoms with van der Waals surface area (Å²) in [6.45, 7) is 20.1. The molecule has 2 aromatic rings. The van der Waals surface area contributed by atoms with E-state index in [1.165, 1.54) is 11.6 Å². The van der Waals surface area contributed by atoms with E-state index in [9.17, 15) is 22.8 Å². The van der Waals surface area contributed by atoms with E-state index in [1.54, 1.807) is 6.07 Å². The second-order valence-corrected chi connectivity index (χ2v) is 16.5. The van der Waals surface area contributed by atoms with E-state index < -0.39 is 39.8 Å². The van der Waals surface area contributed by atoms with Crippen molar-refractivity contribution in [3.05, 3.63) is 64.7 Å². The third-order valence-corrected chi connectivity index (χ3v) is 10.4. The minimum absolute atomic E-state index is 0.0345. The molecule has 1 N–H and O–H groups in total. The van der Waals surface area contributed by atoms with Gasteiger partial charge in [0.1, 0.15) is 17.5 Å². The van der Waals surface area contributed by atoms with Crippen LogP contribution in [0, 0.1) is 22.2 Å². The van der Waals surface area contributed by atoms with Gasteiger partial charge in [0.2, 0.25) is 0 Å². The first-order chi connectivity index (χ1) is 23.6. The number of nitrogens with zero attached hydrogens (tertiary/aromatic N) is 3. The van der Waals surface area contributed by atoms with Crippen molar-refractivity contribution >= 4 is 12.0 Å². The largest absolute Gasteiger partial charge is 0.489 e. The van der Waals surface area contributed by atoms with Gasteiger partial charge in [-0.25, -0.2) is 4.79 Å². The maximum Gasteiger partial charge on any atom is 0.417 e. The molecular weight excluding hydrogens is 657 g/mol. The van der Waals surface area contributed by atoms with E-state index in [0.717, 1.165) is 50.8 Å². The topological polar surface area (TPSA) is 94.9 Å². The molecule has 0 bridgehead atoms. The molecule has 1 saturated heterocycles. The molecule has 2 fully saturated rings. The highest BCUT2D eigenvalue weighted by Gasteiger charge is 2.64. The number of amides is 2. The molecule has 2 aromatic carbocycles. The van der Waals surface area contributed by atoms with E-state index in [2.05, 4.69) is 24.1 Å². The highest BCUT2D eigenvalue weighted by molar-refractivity contribution is 5.94. The van der Waals surface area contributed by atoms with E-state index in [4.69, 9.17) is 14.7 Å². The van der Waals surface area contributed by atoms with Gasteiger partial charge in [-0.1, -0.05) is 52.7 Å². The molecular formula is C40H55F3N4O4. The number of benzene rings is 2. The van der Waals surface area contributed by atoms with Crippen molar-refractivity contribution in [3.8, 4) is 11.8 Å². The first-order valence-corrected chi connectivity index (χ1v) is 18.1. The average Bonchev–Trinajstić information content (AvgIpc) is 3.03. The summed E-state index contributed by atoms with van der Waals surface area (Å²) in [4.78, 5) is 30.2. The molecule has 2 aliphatic rings. The van der Waals surface area contributed by atoms with Crippen LogP contribution in [0.15, 0.2) is 42.5 Å². The molecule has 0 radical (unpaired) electrons. The van der Waals surface area contributed by atoms with Crippen molar-refractivity contribution in [1.82, 2.24) is 15.1 Å². The predicted molar refractivity (Wildman–Crippen MR) is 191 cm³/mol. The zero-order chi connectivity index (χ0) is 37.9. The lowest BCUT2D eigenvalue weighted by Crippen LogP contribution is -2.74. The van der Waals surface area contributed by atoms with E-state index in [-0.39, 0.29) is 35.9 Å². The number of piperazine rings is 1. The van der Waals surface area contributed by atoms with Crippen molar-refractivity contribution in [1.29, 1.82) is 5.26 Å². The molecule has 8 nitrogen and oxygen atoms in total. The Balaban J connectivity index is 1.21. The van der Waals surface area contributed by atoms with Crippen LogP contribution in [0.4, 0.5) is 18.0 Å². The first-order valence-electron chi connectivity index (χ1n) is 18.1. The molecule has 2 amide bonds. The lowest BCUT2D eigenvalue weighted by Gasteiger charge is -2.63. The Bertz CT molecular complexity index is 1550. The lowest BCUT2D eigenvalue weighted by molar-refractivity contribution is -0.164. The molecule has 11 heteroatoms. The van der Waals surface area contributed by atoms with Crippen LogP contribution in [-0.4, -0.2) is 71.3 Å². The molecule has 1 saturated carbocycles. The fourth-order valence-electron chi connectivity index (χ4n) is 8.15. The van der Waals surface area contributed by atoms with Gasteiger partial charge in [0, 0.05) is 47.6 Å². The Morgan fingerprint density at radius 2 is 1.51 bits per heavy atom. The Morgan fingerprint density at radius 3 is 2.06 bits per heavy atom. The summed E-state index contributed by atoms with van der Waals surface area (Å²) in [6.07, 6.45) is -0.0817. The zero-order valence-corrected chi connectivity index (χ0v) is 31.6. The van der Waals surface area contributed by atoms with Crippen molar-refractivity contribution in [3.63, 3.8) is 0 Å². The Labute approximate surface area is 301 Å². The van der Waals surface area contributed by atoms with Gasteiger partial charge in [-0.3, -0.25) is 9.69 Å². The summed E-state index contributed by atoms with van der Waals surface area (Å²) in [6, 6.07) is 12.9. The van der Waals surface area contributed by atoms with Gasteiger partial charge in [0.15, 0.2) is 0 Å². The average molecular weight is 713 g/mol. The van der Waals surface area contributed by atoms with Crippen LogP contribution in [0.3, 0.4) is 0 Å². The number of rotatable bonds is 11.